The van der Waals surface area contributed by atoms with Gasteiger partial charge in [0, 0.05) is 18.8 Å². The van der Waals surface area contributed by atoms with Gasteiger partial charge in [-0.15, -0.1) is 0 Å². The quantitative estimate of drug-likeness (QED) is 0.676. The molecule has 1 heterocycles. The van der Waals surface area contributed by atoms with Crippen LogP contribution in [0, 0.1) is 23.3 Å². The third kappa shape index (κ3) is 2.69. The van der Waals surface area contributed by atoms with E-state index in [1.807, 2.05) is 5.32 Å². The van der Waals surface area contributed by atoms with Crippen LogP contribution in [0.25, 0.3) is 0 Å². The first-order chi connectivity index (χ1) is 9.85. The Morgan fingerprint density at radius 3 is 2.29 bits per heavy atom. The van der Waals surface area contributed by atoms with Crippen LogP contribution in [0.15, 0.2) is 18.3 Å². The van der Waals surface area contributed by atoms with Crippen molar-refractivity contribution in [3.05, 3.63) is 47.3 Å². The van der Waals surface area contributed by atoms with Crippen LogP contribution in [-0.4, -0.2) is 10.5 Å². The minimum Gasteiger partial charge on any atom is -0.397 e. The van der Waals surface area contributed by atoms with Crippen LogP contribution in [-0.2, 0) is 6.54 Å². The predicted octanol–water partition coefficient (Wildman–Crippen LogP) is 2.90. The molecule has 0 aliphatic carbocycles. The molecule has 8 heteroatoms. The first-order valence-corrected chi connectivity index (χ1v) is 5.95. The number of anilines is 2. The molecule has 2 rings (SSSR count). The molecule has 0 radical (unpaired) electrons. The number of nitrogens with one attached hydrogen (secondary N) is 1. The maximum atomic E-state index is 13.5. The Hall–Kier alpha value is -2.51. The van der Waals surface area contributed by atoms with Gasteiger partial charge in [0.15, 0.2) is 23.3 Å². The molecule has 0 unspecified atom stereocenters. The molecule has 0 saturated carbocycles. The standard InChI is InChI=1S/C13H11F4N3O/c1-2-20-5-6(18)3-9(20)13(21)19-12-10(16)7(14)4-8(15)11(12)17/h3-5H,2,18H2,1H3,(H,19,21). The first-order valence-electron chi connectivity index (χ1n) is 5.95. The summed E-state index contributed by atoms with van der Waals surface area (Å²) in [6, 6.07) is 1.34. The highest BCUT2D eigenvalue weighted by atomic mass is 19.2. The van der Waals surface area contributed by atoms with E-state index in [0.29, 0.717) is 6.54 Å². The third-order valence-electron chi connectivity index (χ3n) is 2.84. The van der Waals surface area contributed by atoms with E-state index in [4.69, 9.17) is 5.73 Å². The average Bonchev–Trinajstić information content (AvgIpc) is 2.82. The van der Waals surface area contributed by atoms with Crippen molar-refractivity contribution in [2.75, 3.05) is 11.1 Å². The highest BCUT2D eigenvalue weighted by Gasteiger charge is 2.22. The topological polar surface area (TPSA) is 60.0 Å². The van der Waals surface area contributed by atoms with Gasteiger partial charge in [0.1, 0.15) is 11.4 Å². The van der Waals surface area contributed by atoms with Gasteiger partial charge in [-0.1, -0.05) is 0 Å². The average molecular weight is 301 g/mol. The summed E-state index contributed by atoms with van der Waals surface area (Å²) >= 11 is 0. The molecule has 4 nitrogen and oxygen atoms in total. The fourth-order valence-electron chi connectivity index (χ4n) is 1.85. The Morgan fingerprint density at radius 1 is 1.19 bits per heavy atom. The minimum absolute atomic E-state index is 0.0125. The van der Waals surface area contributed by atoms with Gasteiger partial charge in [-0.25, -0.2) is 17.6 Å². The number of carbonyl (C=O) groups is 1. The summed E-state index contributed by atoms with van der Waals surface area (Å²) in [7, 11) is 0. The zero-order chi connectivity index (χ0) is 15.7. The smallest absolute Gasteiger partial charge is 0.272 e. The van der Waals surface area contributed by atoms with E-state index < -0.39 is 34.9 Å². The van der Waals surface area contributed by atoms with E-state index in [-0.39, 0.29) is 17.4 Å². The molecular formula is C13H11F4N3O. The molecule has 0 atom stereocenters. The van der Waals surface area contributed by atoms with Gasteiger partial charge in [0.2, 0.25) is 0 Å². The minimum atomic E-state index is -1.68. The van der Waals surface area contributed by atoms with Crippen LogP contribution in [0.1, 0.15) is 17.4 Å². The predicted molar refractivity (Wildman–Crippen MR) is 68.7 cm³/mol. The Balaban J connectivity index is 2.40. The number of amides is 1. The number of benzene rings is 1. The van der Waals surface area contributed by atoms with Crippen molar-refractivity contribution in [3.63, 3.8) is 0 Å². The van der Waals surface area contributed by atoms with Gasteiger partial charge in [0.05, 0.1) is 5.69 Å². The van der Waals surface area contributed by atoms with Crippen LogP contribution in [0.3, 0.4) is 0 Å². The van der Waals surface area contributed by atoms with E-state index in [1.165, 1.54) is 16.8 Å². The lowest BCUT2D eigenvalue weighted by Gasteiger charge is -2.10. The highest BCUT2D eigenvalue weighted by molar-refractivity contribution is 6.04. The van der Waals surface area contributed by atoms with Gasteiger partial charge in [-0.3, -0.25) is 4.79 Å². The normalized spacial score (nSPS) is 10.7. The second-order valence-corrected chi connectivity index (χ2v) is 4.24. The van der Waals surface area contributed by atoms with Gasteiger partial charge in [0.25, 0.3) is 5.91 Å². The molecule has 112 valence electrons. The van der Waals surface area contributed by atoms with E-state index in [2.05, 4.69) is 0 Å². The van der Waals surface area contributed by atoms with Crippen molar-refractivity contribution >= 4 is 17.3 Å². The van der Waals surface area contributed by atoms with Crippen LogP contribution in [0.5, 0.6) is 0 Å². The third-order valence-corrected chi connectivity index (χ3v) is 2.84. The summed E-state index contributed by atoms with van der Waals surface area (Å²) < 4.78 is 54.5. The van der Waals surface area contributed by atoms with Crippen LogP contribution < -0.4 is 11.1 Å². The molecule has 0 fully saturated rings. The van der Waals surface area contributed by atoms with Gasteiger partial charge in [-0.2, -0.15) is 0 Å². The van der Waals surface area contributed by atoms with Crippen molar-refractivity contribution < 1.29 is 22.4 Å². The Labute approximate surface area is 117 Å². The number of nitrogens with two attached hydrogens (primary N) is 1. The second kappa shape index (κ2) is 5.47. The maximum absolute atomic E-state index is 13.5. The fourth-order valence-corrected chi connectivity index (χ4v) is 1.85. The molecule has 1 aromatic heterocycles. The molecule has 0 spiro atoms. The molecule has 1 aromatic carbocycles. The molecule has 0 bridgehead atoms. The summed E-state index contributed by atoms with van der Waals surface area (Å²) in [4.78, 5) is 12.0. The van der Waals surface area contributed by atoms with Crippen LogP contribution in [0.2, 0.25) is 0 Å². The maximum Gasteiger partial charge on any atom is 0.272 e. The van der Waals surface area contributed by atoms with E-state index in [9.17, 15) is 22.4 Å². The summed E-state index contributed by atoms with van der Waals surface area (Å²) in [6.45, 7) is 2.10. The summed E-state index contributed by atoms with van der Waals surface area (Å²) in [5, 5.41) is 1.82. The first kappa shape index (κ1) is 14.9. The largest absolute Gasteiger partial charge is 0.397 e. The van der Waals surface area contributed by atoms with E-state index >= 15 is 0 Å². The number of aromatic nitrogens is 1. The fraction of sp³-hybridized carbons (Fsp3) is 0.154. The number of aryl methyl sites for hydroxylation is 1. The number of hydrogen-bond donors (Lipinski definition) is 2. The van der Waals surface area contributed by atoms with Crippen molar-refractivity contribution in [2.45, 2.75) is 13.5 Å². The lowest BCUT2D eigenvalue weighted by atomic mass is 10.2. The summed E-state index contributed by atoms with van der Waals surface area (Å²) in [6.07, 6.45) is 1.45. The van der Waals surface area contributed by atoms with Crippen LogP contribution >= 0.6 is 0 Å². The van der Waals surface area contributed by atoms with Gasteiger partial charge < -0.3 is 15.6 Å². The number of rotatable bonds is 3. The molecule has 1 amide bonds. The van der Waals surface area contributed by atoms with Crippen molar-refractivity contribution in [2.24, 2.45) is 0 Å². The summed E-state index contributed by atoms with van der Waals surface area (Å²) in [5.74, 6) is -7.49. The zero-order valence-electron chi connectivity index (χ0n) is 10.9. The lowest BCUT2D eigenvalue weighted by molar-refractivity contribution is 0.101. The van der Waals surface area contributed by atoms with E-state index in [0.717, 1.165) is 0 Å². The van der Waals surface area contributed by atoms with Crippen molar-refractivity contribution in [1.82, 2.24) is 4.57 Å². The monoisotopic (exact) mass is 301 g/mol. The SMILES string of the molecule is CCn1cc(N)cc1C(=O)Nc1c(F)c(F)cc(F)c1F. The van der Waals surface area contributed by atoms with Gasteiger partial charge >= 0.3 is 0 Å². The number of hydrogen-bond acceptors (Lipinski definition) is 2. The van der Waals surface area contributed by atoms with Crippen molar-refractivity contribution in [3.8, 4) is 0 Å². The van der Waals surface area contributed by atoms with Crippen molar-refractivity contribution in [1.29, 1.82) is 0 Å². The number of nitrogen functional groups attached to an aromatic ring is 1. The molecule has 21 heavy (non-hydrogen) atoms. The summed E-state index contributed by atoms with van der Waals surface area (Å²) in [5.41, 5.74) is 4.63. The molecule has 2 aromatic rings. The Kier molecular flexibility index (Phi) is 3.88. The molecule has 0 saturated heterocycles. The highest BCUT2D eigenvalue weighted by Crippen LogP contribution is 2.25. The number of carbonyl (C=O) groups excluding carboxylic acids is 1. The lowest BCUT2D eigenvalue weighted by Crippen LogP contribution is -2.19. The molecular weight excluding hydrogens is 290 g/mol. The number of nitrogens with zero attached hydrogens (tertiary/aromatic N) is 1. The molecule has 0 aliphatic heterocycles. The zero-order valence-corrected chi connectivity index (χ0v) is 10.9. The molecule has 3 N–H and O–H groups in total. The van der Waals surface area contributed by atoms with E-state index in [1.54, 1.807) is 6.92 Å². The molecule has 0 aliphatic rings. The number of halogens is 4. The Morgan fingerprint density at radius 2 is 1.76 bits per heavy atom. The van der Waals surface area contributed by atoms with Gasteiger partial charge in [-0.05, 0) is 13.0 Å². The van der Waals surface area contributed by atoms with Crippen LogP contribution in [0.4, 0.5) is 28.9 Å². The Bertz CT molecular complexity index is 686. The second-order valence-electron chi connectivity index (χ2n) is 4.24.